The van der Waals surface area contributed by atoms with Gasteiger partial charge in [-0.15, -0.1) is 5.10 Å². The first kappa shape index (κ1) is 34.1. The van der Waals surface area contributed by atoms with Crippen molar-refractivity contribution in [3.63, 3.8) is 0 Å². The summed E-state index contributed by atoms with van der Waals surface area (Å²) in [5.74, 6) is -1.34. The van der Waals surface area contributed by atoms with Crippen LogP contribution in [0.1, 0.15) is 51.6 Å². The Balaban J connectivity index is 1.75. The van der Waals surface area contributed by atoms with Gasteiger partial charge in [0.1, 0.15) is 11.4 Å². The van der Waals surface area contributed by atoms with Gasteiger partial charge in [0, 0.05) is 15.8 Å². The van der Waals surface area contributed by atoms with Gasteiger partial charge in [-0.3, -0.25) is 9.59 Å². The fourth-order valence-corrected chi connectivity index (χ4v) is 5.10. The van der Waals surface area contributed by atoms with Crippen LogP contribution in [0.5, 0.6) is 0 Å². The number of halogens is 9. The Labute approximate surface area is 268 Å². The van der Waals surface area contributed by atoms with Crippen molar-refractivity contribution in [2.45, 2.75) is 51.4 Å². The Morgan fingerprint density at radius 1 is 1.04 bits per heavy atom. The Bertz CT molecular complexity index is 1740. The van der Waals surface area contributed by atoms with Gasteiger partial charge in [0.2, 0.25) is 0 Å². The predicted molar refractivity (Wildman–Crippen MR) is 155 cm³/mol. The van der Waals surface area contributed by atoms with E-state index in [4.69, 9.17) is 11.6 Å². The van der Waals surface area contributed by atoms with E-state index in [1.54, 1.807) is 32.9 Å². The fourth-order valence-electron chi connectivity index (χ4n) is 4.12. The van der Waals surface area contributed by atoms with Crippen molar-refractivity contribution in [3.05, 3.63) is 79.5 Å². The van der Waals surface area contributed by atoms with Crippen LogP contribution in [0.25, 0.3) is 5.82 Å². The Morgan fingerprint density at radius 3 is 2.31 bits per heavy atom. The highest BCUT2D eigenvalue weighted by Crippen LogP contribution is 2.52. The Morgan fingerprint density at radius 2 is 1.71 bits per heavy atom. The number of carbonyl (C=O) groups excluding carboxylic acids is 2. The van der Waals surface area contributed by atoms with E-state index in [-0.39, 0.29) is 45.7 Å². The van der Waals surface area contributed by atoms with Crippen LogP contribution in [0.4, 0.5) is 36.4 Å². The summed E-state index contributed by atoms with van der Waals surface area (Å²) in [6.07, 6.45) is -11.3. The van der Waals surface area contributed by atoms with Gasteiger partial charge in [-0.25, -0.2) is 18.7 Å². The molecule has 0 spiro atoms. The first-order valence-electron chi connectivity index (χ1n) is 12.7. The maximum Gasteiger partial charge on any atom is 0.437 e. The van der Waals surface area contributed by atoms with E-state index >= 15 is 0 Å². The number of benzene rings is 1. The third-order valence-corrected chi connectivity index (χ3v) is 7.05. The highest BCUT2D eigenvalue weighted by atomic mass is 127. The summed E-state index contributed by atoms with van der Waals surface area (Å²) < 4.78 is 95.8. The monoisotopic (exact) mass is 772 g/mol. The zero-order chi connectivity index (χ0) is 33.5. The summed E-state index contributed by atoms with van der Waals surface area (Å²) in [7, 11) is 0. The average molecular weight is 773 g/mol. The minimum atomic E-state index is -6.38. The number of carbonyl (C=O) groups is 2. The normalized spacial score (nSPS) is 12.5. The summed E-state index contributed by atoms with van der Waals surface area (Å²) in [5.41, 5.74) is -7.32. The van der Waals surface area contributed by atoms with Crippen molar-refractivity contribution in [2.75, 3.05) is 5.32 Å². The van der Waals surface area contributed by atoms with Crippen LogP contribution in [-0.2, 0) is 12.2 Å². The first-order chi connectivity index (χ1) is 20.8. The molecule has 3 heterocycles. The molecule has 0 aliphatic heterocycles. The molecule has 240 valence electrons. The molecule has 0 saturated carbocycles. The van der Waals surface area contributed by atoms with Crippen LogP contribution in [0.15, 0.2) is 42.7 Å². The van der Waals surface area contributed by atoms with E-state index in [0.29, 0.717) is 13.8 Å². The molecule has 19 heteroatoms. The molecule has 0 atom stereocenters. The van der Waals surface area contributed by atoms with Crippen molar-refractivity contribution < 1.29 is 40.3 Å². The van der Waals surface area contributed by atoms with Crippen LogP contribution < -0.4 is 10.6 Å². The molecule has 0 bridgehead atoms. The Hall–Kier alpha value is -3.81. The lowest BCUT2D eigenvalue weighted by atomic mass is 10.0. The first-order valence-corrected chi connectivity index (χ1v) is 14.1. The number of pyridine rings is 1. The van der Waals surface area contributed by atoms with Gasteiger partial charge in [-0.05, 0) is 79.3 Å². The van der Waals surface area contributed by atoms with Gasteiger partial charge in [-0.1, -0.05) is 16.8 Å². The highest BCUT2D eigenvalue weighted by molar-refractivity contribution is 14.1. The van der Waals surface area contributed by atoms with Crippen LogP contribution in [0.3, 0.4) is 0 Å². The predicted octanol–water partition coefficient (Wildman–Crippen LogP) is 6.15. The molecular formula is C26H21ClF7IN8O2. The number of nitrogens with one attached hydrogen (secondary N) is 2. The molecule has 3 aromatic heterocycles. The highest BCUT2D eigenvalue weighted by Gasteiger charge is 2.75. The molecule has 4 aromatic rings. The van der Waals surface area contributed by atoms with E-state index in [1.165, 1.54) is 18.3 Å². The maximum atomic E-state index is 14.5. The summed E-state index contributed by atoms with van der Waals surface area (Å²) in [5, 5.41) is 15.7. The third kappa shape index (κ3) is 6.90. The summed E-state index contributed by atoms with van der Waals surface area (Å²) in [4.78, 5) is 30.7. The number of aryl methyl sites for hydroxylation is 1. The number of hydrogen-bond donors (Lipinski definition) is 2. The van der Waals surface area contributed by atoms with Crippen molar-refractivity contribution in [2.24, 2.45) is 0 Å². The number of nitrogens with zero attached hydrogens (tertiary/aromatic N) is 6. The second kappa shape index (κ2) is 12.5. The number of amides is 2. The Kier molecular flexibility index (Phi) is 9.49. The van der Waals surface area contributed by atoms with E-state index in [9.17, 15) is 40.3 Å². The third-order valence-electron chi connectivity index (χ3n) is 6.13. The smallest absolute Gasteiger partial charge is 0.350 e. The van der Waals surface area contributed by atoms with E-state index < -0.39 is 42.1 Å². The zero-order valence-corrected chi connectivity index (χ0v) is 26.1. The lowest BCUT2D eigenvalue weighted by molar-refractivity contribution is -0.350. The molecule has 0 unspecified atom stereocenters. The molecule has 2 N–H and O–H groups in total. The topological polar surface area (TPSA) is 120 Å². The number of aromatic nitrogens is 6. The van der Waals surface area contributed by atoms with Crippen molar-refractivity contribution >= 4 is 51.7 Å². The molecule has 45 heavy (non-hydrogen) atoms. The average Bonchev–Trinajstić information content (AvgIpc) is 3.55. The van der Waals surface area contributed by atoms with Crippen LogP contribution in [-0.4, -0.2) is 60.0 Å². The molecule has 2 amide bonds. The second-order valence-corrected chi connectivity index (χ2v) is 11.6. The number of rotatable bonds is 8. The maximum absolute atomic E-state index is 14.5. The standard InChI is InChI=1S/C26H21ClF7IN8O2/c1-12(2)37-22(44)16-8-14(35)7-13(3)20(16)38-23(45)18-9-15(40-43(18)21-17(27)5-4-6-36-21)10-42-11-19(39-41-42)24(28,25(29,30)31)26(32,33)34/h4-9,11-12H,10H2,1-3H3,(H,37,44)(H,38,45). The van der Waals surface area contributed by atoms with Gasteiger partial charge in [0.15, 0.2) is 5.82 Å². The molecule has 0 saturated heterocycles. The summed E-state index contributed by atoms with van der Waals surface area (Å²) in [6, 6.07) is 7.13. The van der Waals surface area contributed by atoms with E-state index in [0.717, 1.165) is 10.7 Å². The molecule has 0 fully saturated rings. The van der Waals surface area contributed by atoms with Gasteiger partial charge in [0.05, 0.1) is 34.7 Å². The number of anilines is 1. The molecule has 0 aliphatic carbocycles. The molecule has 1 aromatic carbocycles. The second-order valence-electron chi connectivity index (χ2n) is 9.92. The summed E-state index contributed by atoms with van der Waals surface area (Å²) >= 11 is 8.28. The largest absolute Gasteiger partial charge is 0.437 e. The van der Waals surface area contributed by atoms with Gasteiger partial charge in [0.25, 0.3) is 11.8 Å². The van der Waals surface area contributed by atoms with Gasteiger partial charge in [-0.2, -0.15) is 31.4 Å². The van der Waals surface area contributed by atoms with E-state index in [1.807, 2.05) is 22.6 Å². The fraction of sp³-hybridized carbons (Fsp3) is 0.308. The minimum absolute atomic E-state index is 0.0317. The molecule has 10 nitrogen and oxygen atoms in total. The molecule has 0 radical (unpaired) electrons. The SMILES string of the molecule is Cc1cc(I)cc(C(=O)NC(C)C)c1NC(=O)c1cc(Cn2cc(C(F)(C(F)(F)F)C(F)(F)F)nn2)nn1-c1ncccc1Cl. The van der Waals surface area contributed by atoms with Crippen molar-refractivity contribution in [3.8, 4) is 5.82 Å². The van der Waals surface area contributed by atoms with Crippen LogP contribution in [0.2, 0.25) is 5.02 Å². The van der Waals surface area contributed by atoms with E-state index in [2.05, 4.69) is 31.0 Å². The van der Waals surface area contributed by atoms with Crippen molar-refractivity contribution in [1.29, 1.82) is 0 Å². The van der Waals surface area contributed by atoms with Crippen LogP contribution in [0, 0.1) is 10.5 Å². The lowest BCUT2D eigenvalue weighted by Crippen LogP contribution is -2.50. The van der Waals surface area contributed by atoms with Gasteiger partial charge < -0.3 is 10.6 Å². The number of alkyl halides is 7. The zero-order valence-electron chi connectivity index (χ0n) is 23.2. The quantitative estimate of drug-likeness (QED) is 0.164. The van der Waals surface area contributed by atoms with Crippen LogP contribution >= 0.6 is 34.2 Å². The summed E-state index contributed by atoms with van der Waals surface area (Å²) in [6.45, 7) is 4.54. The van der Waals surface area contributed by atoms with Crippen molar-refractivity contribution in [1.82, 2.24) is 35.1 Å². The minimum Gasteiger partial charge on any atom is -0.350 e. The number of hydrogen-bond acceptors (Lipinski definition) is 6. The molecule has 0 aliphatic rings. The lowest BCUT2D eigenvalue weighted by Gasteiger charge is -2.27. The molecular weight excluding hydrogens is 752 g/mol. The van der Waals surface area contributed by atoms with Gasteiger partial charge >= 0.3 is 18.0 Å². The molecule has 4 rings (SSSR count).